The van der Waals surface area contributed by atoms with Crippen LogP contribution in [0.3, 0.4) is 0 Å². The fourth-order valence-electron chi connectivity index (χ4n) is 1.80. The van der Waals surface area contributed by atoms with E-state index in [4.69, 9.17) is 4.74 Å². The van der Waals surface area contributed by atoms with Crippen molar-refractivity contribution in [1.82, 2.24) is 4.57 Å². The smallest absolute Gasteiger partial charge is 0.151 e. The highest BCUT2D eigenvalue weighted by Crippen LogP contribution is 2.12. The summed E-state index contributed by atoms with van der Waals surface area (Å²) in [4.78, 5) is 10.8. The van der Waals surface area contributed by atoms with Gasteiger partial charge in [-0.25, -0.2) is 0 Å². The largest absolute Gasteiger partial charge is 0.380 e. The average Bonchev–Trinajstić information content (AvgIpc) is 2.55. The molecule has 0 saturated heterocycles. The summed E-state index contributed by atoms with van der Waals surface area (Å²) in [6.07, 6.45) is 3.19. The SMILES string of the molecule is CCCCOCCn1c(C)cc(C=O)c1C. The molecule has 3 heteroatoms. The molecule has 1 aromatic heterocycles. The van der Waals surface area contributed by atoms with Crippen LogP contribution in [0.4, 0.5) is 0 Å². The minimum absolute atomic E-state index is 0.717. The summed E-state index contributed by atoms with van der Waals surface area (Å²) in [5, 5.41) is 0. The van der Waals surface area contributed by atoms with Crippen molar-refractivity contribution in [1.29, 1.82) is 0 Å². The first-order valence-corrected chi connectivity index (χ1v) is 5.90. The lowest BCUT2D eigenvalue weighted by atomic mass is 10.3. The van der Waals surface area contributed by atoms with E-state index in [2.05, 4.69) is 11.5 Å². The van der Waals surface area contributed by atoms with Crippen molar-refractivity contribution in [3.8, 4) is 0 Å². The second kappa shape index (κ2) is 6.48. The number of unbranched alkanes of at least 4 members (excludes halogenated alkanes) is 1. The van der Waals surface area contributed by atoms with Gasteiger partial charge in [-0.05, 0) is 26.3 Å². The number of rotatable bonds is 7. The lowest BCUT2D eigenvalue weighted by Gasteiger charge is -2.09. The normalized spacial score (nSPS) is 10.7. The summed E-state index contributed by atoms with van der Waals surface area (Å²) in [5.74, 6) is 0. The van der Waals surface area contributed by atoms with E-state index in [0.29, 0.717) is 6.61 Å². The molecule has 0 aromatic carbocycles. The molecule has 0 aliphatic carbocycles. The molecule has 0 amide bonds. The zero-order valence-corrected chi connectivity index (χ0v) is 10.5. The average molecular weight is 223 g/mol. The van der Waals surface area contributed by atoms with Crippen LogP contribution in [0.2, 0.25) is 0 Å². The Balaban J connectivity index is 2.47. The van der Waals surface area contributed by atoms with Gasteiger partial charge in [-0.3, -0.25) is 4.79 Å². The third-order valence-electron chi connectivity index (χ3n) is 2.84. The predicted molar refractivity (Wildman–Crippen MR) is 65.0 cm³/mol. The van der Waals surface area contributed by atoms with Crippen LogP contribution in [0.15, 0.2) is 6.07 Å². The zero-order valence-electron chi connectivity index (χ0n) is 10.5. The first-order valence-electron chi connectivity index (χ1n) is 5.90. The van der Waals surface area contributed by atoms with Gasteiger partial charge < -0.3 is 9.30 Å². The van der Waals surface area contributed by atoms with E-state index in [-0.39, 0.29) is 0 Å². The van der Waals surface area contributed by atoms with Crippen LogP contribution in [0, 0.1) is 13.8 Å². The Kier molecular flexibility index (Phi) is 5.26. The molecule has 0 saturated carbocycles. The molecule has 16 heavy (non-hydrogen) atoms. The van der Waals surface area contributed by atoms with Crippen LogP contribution in [0.25, 0.3) is 0 Å². The second-order valence-corrected chi connectivity index (χ2v) is 4.06. The van der Waals surface area contributed by atoms with E-state index in [0.717, 1.165) is 49.2 Å². The standard InChI is InChI=1S/C13H21NO2/c1-4-5-7-16-8-6-14-11(2)9-13(10-15)12(14)3/h9-10H,4-8H2,1-3H3. The molecule has 3 nitrogen and oxygen atoms in total. The van der Waals surface area contributed by atoms with Crippen molar-refractivity contribution in [2.24, 2.45) is 0 Å². The number of hydrogen-bond donors (Lipinski definition) is 0. The van der Waals surface area contributed by atoms with E-state index in [9.17, 15) is 4.79 Å². The Bertz CT molecular complexity index is 342. The first-order chi connectivity index (χ1) is 7.70. The van der Waals surface area contributed by atoms with Gasteiger partial charge in [0.15, 0.2) is 6.29 Å². The molecule has 0 bridgehead atoms. The van der Waals surface area contributed by atoms with Crippen molar-refractivity contribution in [3.63, 3.8) is 0 Å². The Morgan fingerprint density at radius 1 is 1.38 bits per heavy atom. The third kappa shape index (κ3) is 3.20. The van der Waals surface area contributed by atoms with Gasteiger partial charge in [0.2, 0.25) is 0 Å². The third-order valence-corrected chi connectivity index (χ3v) is 2.84. The van der Waals surface area contributed by atoms with Crippen molar-refractivity contribution in [2.45, 2.75) is 40.2 Å². The van der Waals surface area contributed by atoms with E-state index >= 15 is 0 Å². The van der Waals surface area contributed by atoms with Crippen LogP contribution < -0.4 is 0 Å². The Labute approximate surface area is 97.4 Å². The Hall–Kier alpha value is -1.09. The molecule has 0 atom stereocenters. The van der Waals surface area contributed by atoms with Gasteiger partial charge >= 0.3 is 0 Å². The molecule has 0 aliphatic rings. The summed E-state index contributed by atoms with van der Waals surface area (Å²) in [6.45, 7) is 8.52. The highest BCUT2D eigenvalue weighted by atomic mass is 16.5. The van der Waals surface area contributed by atoms with E-state index in [1.165, 1.54) is 0 Å². The van der Waals surface area contributed by atoms with Crippen molar-refractivity contribution in [3.05, 3.63) is 23.0 Å². The lowest BCUT2D eigenvalue weighted by molar-refractivity contribution is 0.112. The molecule has 0 aliphatic heterocycles. The van der Waals surface area contributed by atoms with E-state index in [1.807, 2.05) is 19.9 Å². The summed E-state index contributed by atoms with van der Waals surface area (Å²) in [5.41, 5.74) is 2.94. The molecular weight excluding hydrogens is 202 g/mol. The summed E-state index contributed by atoms with van der Waals surface area (Å²) in [6, 6.07) is 1.92. The summed E-state index contributed by atoms with van der Waals surface area (Å²) < 4.78 is 7.66. The van der Waals surface area contributed by atoms with Crippen LogP contribution in [-0.2, 0) is 11.3 Å². The number of aromatic nitrogens is 1. The van der Waals surface area contributed by atoms with Gasteiger partial charge in [0.05, 0.1) is 6.61 Å². The number of ether oxygens (including phenoxy) is 1. The molecule has 1 rings (SSSR count). The van der Waals surface area contributed by atoms with Crippen molar-refractivity contribution >= 4 is 6.29 Å². The number of carbonyl (C=O) groups excluding carboxylic acids is 1. The number of aryl methyl sites for hydroxylation is 1. The molecule has 0 radical (unpaired) electrons. The molecule has 90 valence electrons. The second-order valence-electron chi connectivity index (χ2n) is 4.06. The molecular formula is C13H21NO2. The monoisotopic (exact) mass is 223 g/mol. The quantitative estimate of drug-likeness (QED) is 0.525. The van der Waals surface area contributed by atoms with E-state index < -0.39 is 0 Å². The van der Waals surface area contributed by atoms with Crippen LogP contribution in [0.5, 0.6) is 0 Å². The number of aldehydes is 1. The maximum Gasteiger partial charge on any atom is 0.151 e. The van der Waals surface area contributed by atoms with Crippen LogP contribution in [-0.4, -0.2) is 24.1 Å². The zero-order chi connectivity index (χ0) is 12.0. The number of carbonyl (C=O) groups is 1. The molecule has 0 fully saturated rings. The lowest BCUT2D eigenvalue weighted by Crippen LogP contribution is -2.09. The summed E-state index contributed by atoms with van der Waals surface area (Å²) in [7, 11) is 0. The highest BCUT2D eigenvalue weighted by molar-refractivity contribution is 5.77. The highest BCUT2D eigenvalue weighted by Gasteiger charge is 2.07. The fraction of sp³-hybridized carbons (Fsp3) is 0.615. The predicted octanol–water partition coefficient (Wildman–Crippen LogP) is 2.73. The van der Waals surface area contributed by atoms with E-state index in [1.54, 1.807) is 0 Å². The Morgan fingerprint density at radius 2 is 2.12 bits per heavy atom. The van der Waals surface area contributed by atoms with Gasteiger partial charge in [0.25, 0.3) is 0 Å². The molecule has 1 aromatic rings. The number of hydrogen-bond acceptors (Lipinski definition) is 2. The van der Waals surface area contributed by atoms with Crippen LogP contribution >= 0.6 is 0 Å². The minimum atomic E-state index is 0.717. The van der Waals surface area contributed by atoms with Gasteiger partial charge in [-0.2, -0.15) is 0 Å². The molecule has 0 N–H and O–H groups in total. The van der Waals surface area contributed by atoms with Gasteiger partial charge in [0.1, 0.15) is 0 Å². The molecule has 0 unspecified atom stereocenters. The maximum atomic E-state index is 10.8. The minimum Gasteiger partial charge on any atom is -0.380 e. The van der Waals surface area contributed by atoms with Gasteiger partial charge in [-0.15, -0.1) is 0 Å². The van der Waals surface area contributed by atoms with Crippen molar-refractivity contribution in [2.75, 3.05) is 13.2 Å². The van der Waals surface area contributed by atoms with Crippen molar-refractivity contribution < 1.29 is 9.53 Å². The Morgan fingerprint density at radius 3 is 2.69 bits per heavy atom. The topological polar surface area (TPSA) is 31.2 Å². The molecule has 0 spiro atoms. The first kappa shape index (κ1) is 13.0. The number of nitrogens with zero attached hydrogens (tertiary/aromatic N) is 1. The van der Waals surface area contributed by atoms with Crippen LogP contribution in [0.1, 0.15) is 41.5 Å². The fourth-order valence-corrected chi connectivity index (χ4v) is 1.80. The van der Waals surface area contributed by atoms with Gasteiger partial charge in [-0.1, -0.05) is 13.3 Å². The maximum absolute atomic E-state index is 10.8. The molecule has 1 heterocycles. The summed E-state index contributed by atoms with van der Waals surface area (Å²) >= 11 is 0. The van der Waals surface area contributed by atoms with Gasteiger partial charge in [0, 0.05) is 30.1 Å².